The lowest BCUT2D eigenvalue weighted by Gasteiger charge is -2.16. The highest BCUT2D eigenvalue weighted by atomic mass is 16.5. The van der Waals surface area contributed by atoms with E-state index in [0.29, 0.717) is 11.3 Å². The zero-order valence-electron chi connectivity index (χ0n) is 11.1. The molecule has 0 aliphatic rings. The number of hydrogen-bond donors (Lipinski definition) is 1. The second-order valence-corrected chi connectivity index (χ2v) is 4.00. The molecule has 1 rings (SSSR count). The Bertz CT molecular complexity index is 499. The molecule has 0 saturated heterocycles. The van der Waals surface area contributed by atoms with E-state index in [4.69, 9.17) is 0 Å². The van der Waals surface area contributed by atoms with E-state index < -0.39 is 5.97 Å². The summed E-state index contributed by atoms with van der Waals surface area (Å²) in [6, 6.07) is 6.50. The van der Waals surface area contributed by atoms with Crippen LogP contribution in [0.15, 0.2) is 24.3 Å². The highest BCUT2D eigenvalue weighted by Gasteiger charge is 2.15. The molecule has 0 aliphatic carbocycles. The van der Waals surface area contributed by atoms with Gasteiger partial charge in [0.15, 0.2) is 0 Å². The third-order valence-electron chi connectivity index (χ3n) is 2.37. The van der Waals surface area contributed by atoms with Crippen LogP contribution in [0.5, 0.6) is 0 Å². The lowest BCUT2D eigenvalue weighted by atomic mass is 10.1. The van der Waals surface area contributed by atoms with Crippen LogP contribution in [0, 0.1) is 0 Å². The summed E-state index contributed by atoms with van der Waals surface area (Å²) in [6.07, 6.45) is 0. The molecule has 0 unspecified atom stereocenters. The van der Waals surface area contributed by atoms with Crippen LogP contribution in [0.1, 0.15) is 17.3 Å². The third-order valence-corrected chi connectivity index (χ3v) is 2.37. The molecule has 0 fully saturated rings. The summed E-state index contributed by atoms with van der Waals surface area (Å²) in [5.41, 5.74) is 0.919. The van der Waals surface area contributed by atoms with Crippen molar-refractivity contribution >= 4 is 23.5 Å². The van der Waals surface area contributed by atoms with Gasteiger partial charge in [0.05, 0.1) is 7.11 Å². The van der Waals surface area contributed by atoms with Crippen molar-refractivity contribution in [2.45, 2.75) is 6.92 Å². The Balaban J connectivity index is 2.81. The van der Waals surface area contributed by atoms with E-state index in [0.717, 1.165) is 0 Å². The first-order valence-corrected chi connectivity index (χ1v) is 5.64. The van der Waals surface area contributed by atoms with Crippen molar-refractivity contribution in [1.82, 2.24) is 4.90 Å². The SMILES string of the molecule is COC(=O)CN(C)C(=O)c1cccc(NC(C)=O)c1. The van der Waals surface area contributed by atoms with Crippen LogP contribution in [0.3, 0.4) is 0 Å². The monoisotopic (exact) mass is 264 g/mol. The van der Waals surface area contributed by atoms with E-state index in [1.54, 1.807) is 24.3 Å². The zero-order chi connectivity index (χ0) is 14.4. The maximum Gasteiger partial charge on any atom is 0.325 e. The van der Waals surface area contributed by atoms with Crippen LogP contribution in [-0.4, -0.2) is 43.4 Å². The lowest BCUT2D eigenvalue weighted by Crippen LogP contribution is -2.32. The van der Waals surface area contributed by atoms with E-state index in [1.165, 1.54) is 26.0 Å². The summed E-state index contributed by atoms with van der Waals surface area (Å²) in [6.45, 7) is 1.26. The zero-order valence-corrected chi connectivity index (χ0v) is 11.1. The number of amides is 2. The van der Waals surface area contributed by atoms with E-state index in [1.807, 2.05) is 0 Å². The fourth-order valence-corrected chi connectivity index (χ4v) is 1.48. The molecule has 6 heteroatoms. The van der Waals surface area contributed by atoms with Gasteiger partial charge >= 0.3 is 5.97 Å². The Labute approximate surface area is 111 Å². The Kier molecular flexibility index (Phi) is 5.05. The quantitative estimate of drug-likeness (QED) is 0.819. The van der Waals surface area contributed by atoms with Gasteiger partial charge in [-0.15, -0.1) is 0 Å². The van der Waals surface area contributed by atoms with E-state index >= 15 is 0 Å². The number of nitrogens with one attached hydrogen (secondary N) is 1. The summed E-state index contributed by atoms with van der Waals surface area (Å²) in [5, 5.41) is 2.59. The van der Waals surface area contributed by atoms with Crippen molar-refractivity contribution in [3.63, 3.8) is 0 Å². The van der Waals surface area contributed by atoms with Gasteiger partial charge in [0.2, 0.25) is 5.91 Å². The summed E-state index contributed by atoms with van der Waals surface area (Å²) in [7, 11) is 2.77. The van der Waals surface area contributed by atoms with Crippen molar-refractivity contribution in [3.8, 4) is 0 Å². The van der Waals surface area contributed by atoms with Crippen molar-refractivity contribution in [2.75, 3.05) is 26.0 Å². The topological polar surface area (TPSA) is 75.7 Å². The van der Waals surface area contributed by atoms with Gasteiger partial charge in [0, 0.05) is 25.2 Å². The molecule has 1 aromatic rings. The molecule has 6 nitrogen and oxygen atoms in total. The number of esters is 1. The number of methoxy groups -OCH3 is 1. The summed E-state index contributed by atoms with van der Waals surface area (Å²) in [4.78, 5) is 35.3. The molecule has 0 atom stereocenters. The fraction of sp³-hybridized carbons (Fsp3) is 0.308. The third kappa shape index (κ3) is 4.42. The number of benzene rings is 1. The molecule has 0 radical (unpaired) electrons. The van der Waals surface area contributed by atoms with Crippen LogP contribution in [-0.2, 0) is 14.3 Å². The molecular weight excluding hydrogens is 248 g/mol. The molecule has 0 saturated carbocycles. The van der Waals surface area contributed by atoms with Gasteiger partial charge in [-0.2, -0.15) is 0 Å². The van der Waals surface area contributed by atoms with Gasteiger partial charge < -0.3 is 15.0 Å². The number of ether oxygens (including phenoxy) is 1. The van der Waals surface area contributed by atoms with Crippen molar-refractivity contribution in [2.24, 2.45) is 0 Å². The first-order valence-electron chi connectivity index (χ1n) is 5.64. The molecule has 19 heavy (non-hydrogen) atoms. The van der Waals surface area contributed by atoms with Crippen LogP contribution in [0.4, 0.5) is 5.69 Å². The molecule has 0 aromatic heterocycles. The van der Waals surface area contributed by atoms with Crippen molar-refractivity contribution in [1.29, 1.82) is 0 Å². The van der Waals surface area contributed by atoms with Gasteiger partial charge in [0.1, 0.15) is 6.54 Å². The minimum absolute atomic E-state index is 0.125. The number of rotatable bonds is 4. The number of carbonyl (C=O) groups is 3. The van der Waals surface area contributed by atoms with Gasteiger partial charge in [-0.3, -0.25) is 14.4 Å². The minimum atomic E-state index is -0.492. The maximum atomic E-state index is 12.0. The van der Waals surface area contributed by atoms with Gasteiger partial charge in [-0.25, -0.2) is 0 Å². The maximum absolute atomic E-state index is 12.0. The Morgan fingerprint density at radius 2 is 2.00 bits per heavy atom. The molecule has 0 spiro atoms. The normalized spacial score (nSPS) is 9.63. The first-order chi connectivity index (χ1) is 8.93. The molecule has 1 N–H and O–H groups in total. The number of nitrogens with zero attached hydrogens (tertiary/aromatic N) is 1. The Morgan fingerprint density at radius 1 is 1.32 bits per heavy atom. The van der Waals surface area contributed by atoms with Crippen LogP contribution < -0.4 is 5.32 Å². The number of carbonyl (C=O) groups excluding carboxylic acids is 3. The number of hydrogen-bond acceptors (Lipinski definition) is 4. The predicted octanol–water partition coefficient (Wildman–Crippen LogP) is 0.890. The minimum Gasteiger partial charge on any atom is -0.468 e. The standard InChI is InChI=1S/C13H16N2O4/c1-9(16)14-11-6-4-5-10(7-11)13(18)15(2)8-12(17)19-3/h4-7H,8H2,1-3H3,(H,14,16). The largest absolute Gasteiger partial charge is 0.468 e. The molecule has 102 valence electrons. The van der Waals surface area contributed by atoms with E-state index in [-0.39, 0.29) is 18.4 Å². The summed E-state index contributed by atoms with van der Waals surface area (Å²) < 4.78 is 4.49. The molecule has 2 amide bonds. The molecular formula is C13H16N2O4. The van der Waals surface area contributed by atoms with Crippen LogP contribution in [0.25, 0.3) is 0 Å². The highest BCUT2D eigenvalue weighted by Crippen LogP contribution is 2.12. The van der Waals surface area contributed by atoms with Crippen LogP contribution in [0.2, 0.25) is 0 Å². The fourth-order valence-electron chi connectivity index (χ4n) is 1.48. The Morgan fingerprint density at radius 3 is 2.58 bits per heavy atom. The molecule has 0 aliphatic heterocycles. The average molecular weight is 264 g/mol. The van der Waals surface area contributed by atoms with Gasteiger partial charge in [0.25, 0.3) is 5.91 Å². The van der Waals surface area contributed by atoms with Crippen molar-refractivity contribution in [3.05, 3.63) is 29.8 Å². The molecule has 0 bridgehead atoms. The Hall–Kier alpha value is -2.37. The predicted molar refractivity (Wildman–Crippen MR) is 69.7 cm³/mol. The van der Waals surface area contributed by atoms with Crippen molar-refractivity contribution < 1.29 is 19.1 Å². The average Bonchev–Trinajstić information content (AvgIpc) is 2.37. The lowest BCUT2D eigenvalue weighted by molar-refractivity contribution is -0.141. The first kappa shape index (κ1) is 14.7. The number of anilines is 1. The number of likely N-dealkylation sites (N-methyl/N-ethyl adjacent to an activating group) is 1. The highest BCUT2D eigenvalue weighted by molar-refractivity contribution is 5.97. The summed E-state index contributed by atoms with van der Waals surface area (Å²) in [5.74, 6) is -1.03. The van der Waals surface area contributed by atoms with E-state index in [9.17, 15) is 14.4 Å². The molecule has 1 aromatic carbocycles. The smallest absolute Gasteiger partial charge is 0.325 e. The summed E-state index contributed by atoms with van der Waals surface area (Å²) >= 11 is 0. The van der Waals surface area contributed by atoms with Gasteiger partial charge in [-0.05, 0) is 18.2 Å². The van der Waals surface area contributed by atoms with E-state index in [2.05, 4.69) is 10.1 Å². The second-order valence-electron chi connectivity index (χ2n) is 4.00. The van der Waals surface area contributed by atoms with Gasteiger partial charge in [-0.1, -0.05) is 6.07 Å². The molecule has 0 heterocycles. The van der Waals surface area contributed by atoms with Crippen LogP contribution >= 0.6 is 0 Å². The second kappa shape index (κ2) is 6.53.